The summed E-state index contributed by atoms with van der Waals surface area (Å²) in [6.45, 7) is 4.00. The number of nitrogens with zero attached hydrogens (tertiary/aromatic N) is 8. The predicted molar refractivity (Wildman–Crippen MR) is 180 cm³/mol. The maximum atomic E-state index is 9.08. The van der Waals surface area contributed by atoms with Crippen molar-refractivity contribution in [3.63, 3.8) is 0 Å². The standard InChI is InChI=1S/C32H19N8.C2H6.CH4O3S.Cu.Na/c1-2-10-18-17(9-1)25-33-26(18)38-28-21-13-5-6-14-22(21)30(35-28)40-32-24-16-8-7-15-23(24)31(36-32)39-29-20-12-4-3-11-19(20)27(34-29)37-25;1-2;1-5(2,3)4;;/h1-16,25-26,29H;1-2H3;1H3,(H,2,3,4);;/q-3;;;;+1/p-1. The summed E-state index contributed by atoms with van der Waals surface area (Å²) >= 11 is 0. The molecular formula is C35H28CuN8NaO3S-3. The van der Waals surface area contributed by atoms with Crippen molar-refractivity contribution in [2.75, 3.05) is 6.26 Å². The molecular weight excluding hydrogens is 699 g/mol. The first-order valence-corrected chi connectivity index (χ1v) is 16.9. The van der Waals surface area contributed by atoms with Crippen LogP contribution in [-0.4, -0.2) is 36.7 Å². The molecule has 49 heavy (non-hydrogen) atoms. The second-order valence-corrected chi connectivity index (χ2v) is 12.2. The summed E-state index contributed by atoms with van der Waals surface area (Å²) in [5, 5.41) is 11.9. The number of aliphatic imine (C=N–C) groups is 3. The molecule has 3 atom stereocenters. The van der Waals surface area contributed by atoms with Gasteiger partial charge in [-0.05, 0) is 33.6 Å². The summed E-state index contributed by atoms with van der Waals surface area (Å²) < 4.78 is 27.2. The molecule has 14 heteroatoms. The minimum Gasteiger partial charge on any atom is -0.748 e. The molecule has 5 heterocycles. The van der Waals surface area contributed by atoms with Gasteiger partial charge in [0.15, 0.2) is 5.84 Å². The summed E-state index contributed by atoms with van der Waals surface area (Å²) in [7, 11) is -3.92. The zero-order valence-corrected chi connectivity index (χ0v) is 30.7. The van der Waals surface area contributed by atoms with Gasteiger partial charge in [0.05, 0.1) is 16.0 Å². The topological polar surface area (TPSA) is 161 Å². The van der Waals surface area contributed by atoms with Crippen molar-refractivity contribution >= 4 is 38.4 Å². The summed E-state index contributed by atoms with van der Waals surface area (Å²) in [5.41, 5.74) is 7.02. The van der Waals surface area contributed by atoms with Gasteiger partial charge in [-0.3, -0.25) is 4.99 Å². The number of hydrogen-bond acceptors (Lipinski definition) is 8. The van der Waals surface area contributed by atoms with Crippen molar-refractivity contribution in [3.8, 4) is 0 Å². The molecule has 0 saturated heterocycles. The van der Waals surface area contributed by atoms with Crippen LogP contribution in [0.2, 0.25) is 0 Å². The van der Waals surface area contributed by atoms with Gasteiger partial charge in [-0.1, -0.05) is 122 Å². The average Bonchev–Trinajstić information content (AvgIpc) is 3.81. The van der Waals surface area contributed by atoms with E-state index in [9.17, 15) is 0 Å². The molecule has 9 rings (SSSR count). The van der Waals surface area contributed by atoms with Crippen molar-refractivity contribution in [2.24, 2.45) is 25.0 Å². The Morgan fingerprint density at radius 3 is 1.73 bits per heavy atom. The Morgan fingerprint density at radius 1 is 0.612 bits per heavy atom. The van der Waals surface area contributed by atoms with E-state index < -0.39 is 28.6 Å². The van der Waals surface area contributed by atoms with E-state index in [2.05, 4.69) is 18.2 Å². The van der Waals surface area contributed by atoms with Gasteiger partial charge in [0, 0.05) is 51.6 Å². The van der Waals surface area contributed by atoms with E-state index in [-0.39, 0.29) is 46.6 Å². The third-order valence-corrected chi connectivity index (χ3v) is 7.75. The summed E-state index contributed by atoms with van der Waals surface area (Å²) in [5.74, 6) is 1.82. The van der Waals surface area contributed by atoms with Crippen LogP contribution in [0.15, 0.2) is 122 Å². The van der Waals surface area contributed by atoms with Crippen LogP contribution in [0.3, 0.4) is 0 Å². The molecule has 4 aromatic carbocycles. The molecule has 0 N–H and O–H groups in total. The fraction of sp³-hybridized carbons (Fsp3) is 0.171. The van der Waals surface area contributed by atoms with Crippen LogP contribution in [0.1, 0.15) is 65.7 Å². The monoisotopic (exact) mass is 726 g/mol. The van der Waals surface area contributed by atoms with Gasteiger partial charge in [0.1, 0.15) is 0 Å². The normalized spacial score (nSPS) is 19.0. The van der Waals surface area contributed by atoms with E-state index in [0.29, 0.717) is 34.7 Å². The van der Waals surface area contributed by atoms with E-state index in [1.807, 2.05) is 92.7 Å². The number of rotatable bonds is 0. The molecule has 247 valence electrons. The largest absolute Gasteiger partial charge is 1.00 e. The van der Waals surface area contributed by atoms with Crippen molar-refractivity contribution in [1.82, 2.24) is 4.98 Å². The van der Waals surface area contributed by atoms with Crippen LogP contribution < -0.4 is 45.5 Å². The fourth-order valence-electron chi connectivity index (χ4n) is 5.87. The number of hydrogen-bond donors (Lipinski definition) is 0. The van der Waals surface area contributed by atoms with Gasteiger partial charge in [-0.15, -0.1) is 6.17 Å². The van der Waals surface area contributed by atoms with Crippen molar-refractivity contribution < 1.29 is 59.6 Å². The second-order valence-electron chi connectivity index (χ2n) is 10.8. The zero-order valence-electron chi connectivity index (χ0n) is 27.0. The second kappa shape index (κ2) is 15.0. The number of amidine groups is 3. The fourth-order valence-corrected chi connectivity index (χ4v) is 5.87. The van der Waals surface area contributed by atoms with Crippen molar-refractivity contribution in [3.05, 3.63) is 152 Å². The van der Waals surface area contributed by atoms with E-state index in [1.54, 1.807) is 0 Å². The first kappa shape index (κ1) is 36.5. The van der Waals surface area contributed by atoms with Crippen LogP contribution in [-0.2, 0) is 27.2 Å². The summed E-state index contributed by atoms with van der Waals surface area (Å²) in [4.78, 5) is 30.0. The van der Waals surface area contributed by atoms with E-state index in [1.165, 1.54) is 0 Å². The summed E-state index contributed by atoms with van der Waals surface area (Å²) in [6.07, 6.45) is -0.729. The quantitative estimate of drug-likeness (QED) is 0.177. The van der Waals surface area contributed by atoms with Crippen LogP contribution in [0.25, 0.3) is 21.4 Å². The summed E-state index contributed by atoms with van der Waals surface area (Å²) in [6, 6.07) is 32.3. The molecule has 1 radical (unpaired) electrons. The molecule has 0 spiro atoms. The van der Waals surface area contributed by atoms with E-state index >= 15 is 0 Å². The number of benzene rings is 4. The smallest absolute Gasteiger partial charge is 0.748 e. The van der Waals surface area contributed by atoms with Crippen molar-refractivity contribution in [1.29, 1.82) is 0 Å². The minimum atomic E-state index is -3.92. The molecule has 0 amide bonds. The molecule has 4 aliphatic rings. The zero-order chi connectivity index (χ0) is 32.7. The first-order valence-electron chi connectivity index (χ1n) is 15.1. The third kappa shape index (κ3) is 7.26. The maximum Gasteiger partial charge on any atom is 1.00 e. The number of fused-ring (bicyclic) bond motifs is 19. The molecule has 0 aliphatic carbocycles. The molecule has 8 bridgehead atoms. The molecule has 1 aromatic heterocycles. The van der Waals surface area contributed by atoms with Gasteiger partial charge in [-0.25, -0.2) is 13.4 Å². The van der Waals surface area contributed by atoms with Crippen LogP contribution >= 0.6 is 0 Å². The molecule has 5 aromatic rings. The molecule has 0 saturated carbocycles. The maximum absolute atomic E-state index is 9.08. The Kier molecular flexibility index (Phi) is 11.2. The van der Waals surface area contributed by atoms with Crippen LogP contribution in [0.5, 0.6) is 0 Å². The Balaban J connectivity index is 0.000000481. The predicted octanol–water partition coefficient (Wildman–Crippen LogP) is 2.36. The van der Waals surface area contributed by atoms with E-state index in [4.69, 9.17) is 53.6 Å². The molecule has 0 fully saturated rings. The third-order valence-electron chi connectivity index (χ3n) is 7.75. The van der Waals surface area contributed by atoms with Gasteiger partial charge < -0.3 is 35.1 Å². The Labute approximate surface area is 316 Å². The SMILES string of the molecule is CC.CS(=O)(=O)[O-].[Cu].[Na+].c1ccc2c(c1)C1=NC2=NC2[N-]C(N=C3[N-]C(N=c4[n-]c(c5ccccc45)=N1)c1ccccc13)c1ccccc12. The number of aromatic nitrogens is 1. The Bertz CT molecular complexity index is 2370. The van der Waals surface area contributed by atoms with E-state index in [0.717, 1.165) is 44.2 Å². The van der Waals surface area contributed by atoms with Gasteiger partial charge in [0.2, 0.25) is 0 Å². The average molecular weight is 727 g/mol. The van der Waals surface area contributed by atoms with Gasteiger partial charge in [0.25, 0.3) is 0 Å². The molecule has 4 aliphatic heterocycles. The van der Waals surface area contributed by atoms with Crippen molar-refractivity contribution in [2.45, 2.75) is 32.3 Å². The van der Waals surface area contributed by atoms with Crippen LogP contribution in [0.4, 0.5) is 0 Å². The molecule has 11 nitrogen and oxygen atoms in total. The first-order chi connectivity index (χ1) is 22.8. The van der Waals surface area contributed by atoms with Crippen LogP contribution in [0, 0.1) is 0 Å². The van der Waals surface area contributed by atoms with Gasteiger partial charge >= 0.3 is 29.6 Å². The minimum absolute atomic E-state index is 0. The Morgan fingerprint density at radius 2 is 1.10 bits per heavy atom. The van der Waals surface area contributed by atoms with Gasteiger partial charge in [-0.2, -0.15) is 0 Å². The molecule has 3 unspecified atom stereocenters. The Hall–Kier alpha value is -3.78.